The highest BCUT2D eigenvalue weighted by Gasteiger charge is 2.38. The summed E-state index contributed by atoms with van der Waals surface area (Å²) in [5.74, 6) is -0.0416. The molecule has 2 amide bonds. The molecular weight excluding hydrogens is 537 g/mol. The molecule has 1 aliphatic rings. The number of fused-ring (bicyclic) bond motifs is 1. The number of aromatic nitrogens is 2. The first-order chi connectivity index (χ1) is 19.7. The highest BCUT2D eigenvalue weighted by molar-refractivity contribution is 8.00. The van der Waals surface area contributed by atoms with Gasteiger partial charge in [0, 0.05) is 24.2 Å². The minimum Gasteiger partial charge on any atom is -0.353 e. The van der Waals surface area contributed by atoms with Crippen LogP contribution in [0.2, 0.25) is 0 Å². The van der Waals surface area contributed by atoms with Gasteiger partial charge in [0.2, 0.25) is 11.8 Å². The first kappa shape index (κ1) is 28.6. The summed E-state index contributed by atoms with van der Waals surface area (Å²) in [6, 6.07) is 22.3. The third kappa shape index (κ3) is 6.21. The van der Waals surface area contributed by atoms with Gasteiger partial charge in [-0.3, -0.25) is 14.5 Å². The molecule has 9 heteroatoms. The average Bonchev–Trinajstić information content (AvgIpc) is 3.26. The van der Waals surface area contributed by atoms with E-state index < -0.39 is 0 Å². The Balaban J connectivity index is 1.74. The molecule has 1 aromatic heterocycles. The van der Waals surface area contributed by atoms with Gasteiger partial charge in [-0.25, -0.2) is 9.07 Å². The second-order valence-electron chi connectivity index (χ2n) is 10.5. The number of aryl methyl sites for hydroxylation is 2. The van der Waals surface area contributed by atoms with Crippen LogP contribution in [0.5, 0.6) is 0 Å². The van der Waals surface area contributed by atoms with E-state index in [0.717, 1.165) is 39.2 Å². The fourth-order valence-electron chi connectivity index (χ4n) is 5.06. The first-order valence-electron chi connectivity index (χ1n) is 13.6. The normalized spacial score (nSPS) is 15.1. The van der Waals surface area contributed by atoms with Crippen molar-refractivity contribution in [2.45, 2.75) is 19.1 Å². The SMILES string of the molecule is Cc1ccc(-n2nc(-c3ccccc3)c3c2N(CC(=O)NCCN(C)C)C(=O)CSC3c2ccc(F)cc2)c(C)c1. The average molecular weight is 572 g/mol. The van der Waals surface area contributed by atoms with Gasteiger partial charge >= 0.3 is 0 Å². The summed E-state index contributed by atoms with van der Waals surface area (Å²) >= 11 is 1.47. The zero-order valence-corrected chi connectivity index (χ0v) is 24.5. The molecule has 212 valence electrons. The molecule has 41 heavy (non-hydrogen) atoms. The number of carbonyl (C=O) groups excluding carboxylic acids is 2. The zero-order valence-electron chi connectivity index (χ0n) is 23.7. The van der Waals surface area contributed by atoms with Crippen molar-refractivity contribution in [3.63, 3.8) is 0 Å². The van der Waals surface area contributed by atoms with Crippen LogP contribution in [0.15, 0.2) is 72.8 Å². The number of hydrogen-bond acceptors (Lipinski definition) is 5. The number of hydrogen-bond donors (Lipinski definition) is 1. The lowest BCUT2D eigenvalue weighted by molar-refractivity contribution is -0.122. The lowest BCUT2D eigenvalue weighted by Crippen LogP contribution is -2.43. The fraction of sp³-hybridized carbons (Fsp3) is 0.281. The highest BCUT2D eigenvalue weighted by atomic mass is 32.2. The van der Waals surface area contributed by atoms with Crippen LogP contribution in [-0.2, 0) is 9.59 Å². The summed E-state index contributed by atoms with van der Waals surface area (Å²) in [7, 11) is 3.88. The summed E-state index contributed by atoms with van der Waals surface area (Å²) in [6.45, 7) is 5.07. The monoisotopic (exact) mass is 571 g/mol. The first-order valence-corrected chi connectivity index (χ1v) is 14.6. The Kier molecular flexibility index (Phi) is 8.56. The number of nitrogens with one attached hydrogen (secondary N) is 1. The number of benzene rings is 3. The highest BCUT2D eigenvalue weighted by Crippen LogP contribution is 2.48. The van der Waals surface area contributed by atoms with E-state index in [-0.39, 0.29) is 35.2 Å². The van der Waals surface area contributed by atoms with E-state index in [2.05, 4.69) is 11.4 Å². The quantitative estimate of drug-likeness (QED) is 0.317. The molecule has 1 N–H and O–H groups in total. The van der Waals surface area contributed by atoms with Gasteiger partial charge in [-0.2, -0.15) is 5.10 Å². The summed E-state index contributed by atoms with van der Waals surface area (Å²) in [6.07, 6.45) is 0. The maximum Gasteiger partial charge on any atom is 0.240 e. The predicted molar refractivity (Wildman–Crippen MR) is 163 cm³/mol. The standard InChI is InChI=1S/C32H34FN5O2S/c1-21-10-15-26(22(2)18-21)38-32-29(30(35-38)23-8-6-5-7-9-23)31(24-11-13-25(33)14-12-24)41-20-28(40)37(32)19-27(39)34-16-17-36(3)4/h5-15,18,31H,16-17,19-20H2,1-4H3,(H,34,39). The largest absolute Gasteiger partial charge is 0.353 e. The van der Waals surface area contributed by atoms with Crippen LogP contribution in [0, 0.1) is 19.7 Å². The van der Waals surface area contributed by atoms with E-state index in [4.69, 9.17) is 5.10 Å². The topological polar surface area (TPSA) is 70.5 Å². The molecule has 1 atom stereocenters. The number of amides is 2. The third-order valence-electron chi connectivity index (χ3n) is 7.07. The van der Waals surface area contributed by atoms with Crippen LogP contribution in [0.3, 0.4) is 0 Å². The molecule has 0 saturated carbocycles. The van der Waals surface area contributed by atoms with Crippen molar-refractivity contribution < 1.29 is 14.0 Å². The zero-order chi connectivity index (χ0) is 29.1. The summed E-state index contributed by atoms with van der Waals surface area (Å²) in [5, 5.41) is 7.76. The number of halogens is 1. The predicted octanol–water partition coefficient (Wildman–Crippen LogP) is 5.14. The number of likely N-dealkylation sites (N-methyl/N-ethyl adjacent to an activating group) is 1. The van der Waals surface area contributed by atoms with E-state index in [1.807, 2.05) is 75.3 Å². The van der Waals surface area contributed by atoms with Gasteiger partial charge < -0.3 is 10.2 Å². The van der Waals surface area contributed by atoms with Crippen LogP contribution in [0.4, 0.5) is 10.2 Å². The van der Waals surface area contributed by atoms with Crippen molar-refractivity contribution >= 4 is 29.4 Å². The van der Waals surface area contributed by atoms with E-state index >= 15 is 0 Å². The third-order valence-corrected chi connectivity index (χ3v) is 8.33. The van der Waals surface area contributed by atoms with Crippen LogP contribution < -0.4 is 10.2 Å². The smallest absolute Gasteiger partial charge is 0.240 e. The molecule has 5 rings (SSSR count). The van der Waals surface area contributed by atoms with Gasteiger partial charge in [-0.15, -0.1) is 11.8 Å². The van der Waals surface area contributed by atoms with Gasteiger partial charge in [0.1, 0.15) is 18.2 Å². The maximum absolute atomic E-state index is 14.0. The van der Waals surface area contributed by atoms with Crippen molar-refractivity contribution in [3.8, 4) is 16.9 Å². The van der Waals surface area contributed by atoms with Gasteiger partial charge in [0.15, 0.2) is 0 Å². The lowest BCUT2D eigenvalue weighted by atomic mass is 9.99. The Hall–Kier alpha value is -3.95. The molecule has 0 radical (unpaired) electrons. The van der Waals surface area contributed by atoms with Crippen LogP contribution in [-0.4, -0.2) is 66.0 Å². The van der Waals surface area contributed by atoms with Crippen LogP contribution >= 0.6 is 11.8 Å². The molecule has 0 fully saturated rings. The minimum absolute atomic E-state index is 0.138. The number of anilines is 1. The molecule has 4 aromatic rings. The second kappa shape index (κ2) is 12.3. The number of thioether (sulfide) groups is 1. The van der Waals surface area contributed by atoms with E-state index in [0.29, 0.717) is 18.9 Å². The lowest BCUT2D eigenvalue weighted by Gasteiger charge is -2.24. The number of rotatable bonds is 8. The molecule has 3 aromatic carbocycles. The number of carbonyl (C=O) groups is 2. The molecule has 1 unspecified atom stereocenters. The van der Waals surface area contributed by atoms with Gasteiger partial charge in [0.05, 0.1) is 22.4 Å². The summed E-state index contributed by atoms with van der Waals surface area (Å²) < 4.78 is 15.8. The van der Waals surface area contributed by atoms with Crippen LogP contribution in [0.1, 0.15) is 27.5 Å². The van der Waals surface area contributed by atoms with E-state index in [9.17, 15) is 14.0 Å². The Morgan fingerprint density at radius 1 is 1.07 bits per heavy atom. The van der Waals surface area contributed by atoms with E-state index in [1.54, 1.807) is 21.7 Å². The van der Waals surface area contributed by atoms with Crippen LogP contribution in [0.25, 0.3) is 16.9 Å². The minimum atomic E-state index is -0.325. The van der Waals surface area contributed by atoms with Gasteiger partial charge in [-0.05, 0) is 57.3 Å². The Labute approximate surface area is 244 Å². The van der Waals surface area contributed by atoms with Crippen molar-refractivity contribution in [1.82, 2.24) is 20.0 Å². The summed E-state index contributed by atoms with van der Waals surface area (Å²) in [5.41, 5.74) is 6.22. The molecule has 0 aliphatic carbocycles. The van der Waals surface area contributed by atoms with Crippen molar-refractivity contribution in [2.24, 2.45) is 0 Å². The Bertz CT molecular complexity index is 1550. The molecule has 0 saturated heterocycles. The fourth-order valence-corrected chi connectivity index (χ4v) is 6.26. The van der Waals surface area contributed by atoms with Gasteiger partial charge in [0.25, 0.3) is 0 Å². The molecule has 1 aliphatic heterocycles. The molecule has 0 spiro atoms. The molecule has 0 bridgehead atoms. The second-order valence-corrected chi connectivity index (χ2v) is 11.6. The number of nitrogens with zero attached hydrogens (tertiary/aromatic N) is 4. The maximum atomic E-state index is 14.0. The molecule has 2 heterocycles. The van der Waals surface area contributed by atoms with E-state index in [1.165, 1.54) is 23.9 Å². The van der Waals surface area contributed by atoms with Crippen molar-refractivity contribution in [2.75, 3.05) is 44.4 Å². The van der Waals surface area contributed by atoms with Crippen molar-refractivity contribution in [1.29, 1.82) is 0 Å². The van der Waals surface area contributed by atoms with Gasteiger partial charge in [-0.1, -0.05) is 60.2 Å². The Morgan fingerprint density at radius 3 is 2.49 bits per heavy atom. The Morgan fingerprint density at radius 2 is 1.80 bits per heavy atom. The molecule has 7 nitrogen and oxygen atoms in total. The molecular formula is C32H34FN5O2S. The van der Waals surface area contributed by atoms with Crippen molar-refractivity contribution in [3.05, 3.63) is 101 Å². The summed E-state index contributed by atoms with van der Waals surface area (Å²) in [4.78, 5) is 30.5.